The Kier molecular flexibility index (Phi) is 5.93. The quantitative estimate of drug-likeness (QED) is 0.432. The molecular formula is C25H23F2N7O. The smallest absolute Gasteiger partial charge is 0.242 e. The van der Waals surface area contributed by atoms with Gasteiger partial charge in [0.05, 0.1) is 5.52 Å². The second kappa shape index (κ2) is 9.19. The maximum Gasteiger partial charge on any atom is 0.242 e. The minimum Gasteiger partial charge on any atom is -0.434 e. The lowest BCUT2D eigenvalue weighted by atomic mass is 10.2. The van der Waals surface area contributed by atoms with E-state index in [9.17, 15) is 9.65 Å². The summed E-state index contributed by atoms with van der Waals surface area (Å²) in [4.78, 5) is 15.5. The Morgan fingerprint density at radius 3 is 2.69 bits per heavy atom. The number of rotatable bonds is 5. The van der Waals surface area contributed by atoms with Crippen molar-refractivity contribution < 1.29 is 13.5 Å². The molecule has 4 aromatic rings. The Balaban J connectivity index is 1.43. The molecule has 0 atom stereocenters. The van der Waals surface area contributed by atoms with Crippen LogP contribution in [0.15, 0.2) is 42.7 Å². The number of likely N-dealkylation sites (N-methyl/N-ethyl adjacent to an activating group) is 1. The van der Waals surface area contributed by atoms with Crippen LogP contribution in [0.5, 0.6) is 11.6 Å². The van der Waals surface area contributed by atoms with Gasteiger partial charge in [-0.15, -0.1) is 0 Å². The highest BCUT2D eigenvalue weighted by Crippen LogP contribution is 2.34. The lowest BCUT2D eigenvalue weighted by Gasteiger charge is -2.34. The largest absolute Gasteiger partial charge is 0.434 e. The first kappa shape index (κ1) is 22.6. The van der Waals surface area contributed by atoms with Crippen molar-refractivity contribution >= 4 is 28.1 Å². The van der Waals surface area contributed by atoms with Gasteiger partial charge in [0.2, 0.25) is 5.88 Å². The summed E-state index contributed by atoms with van der Waals surface area (Å²) < 4.78 is 35.1. The van der Waals surface area contributed by atoms with Crippen molar-refractivity contribution in [2.45, 2.75) is 6.92 Å². The van der Waals surface area contributed by atoms with E-state index in [1.54, 1.807) is 6.92 Å². The summed E-state index contributed by atoms with van der Waals surface area (Å²) in [5.74, 6) is -1.76. The SMILES string of the molecule is Cc1cc2c(F)c(Oc3ncnc(Nc4cccc(N5CCN(C)CC5)c4)c3C#N)cc(F)c2[nH]1. The molecule has 1 fully saturated rings. The third-order valence-corrected chi connectivity index (χ3v) is 6.01. The van der Waals surface area contributed by atoms with Gasteiger partial charge in [-0.1, -0.05) is 6.07 Å². The monoisotopic (exact) mass is 475 g/mol. The van der Waals surface area contributed by atoms with Crippen molar-refractivity contribution in [3.8, 4) is 17.7 Å². The van der Waals surface area contributed by atoms with E-state index in [1.165, 1.54) is 12.4 Å². The lowest BCUT2D eigenvalue weighted by Crippen LogP contribution is -2.44. The van der Waals surface area contributed by atoms with Gasteiger partial charge < -0.3 is 24.8 Å². The first-order valence-electron chi connectivity index (χ1n) is 11.1. The molecule has 3 heterocycles. The number of fused-ring (bicyclic) bond motifs is 1. The van der Waals surface area contributed by atoms with Crippen LogP contribution < -0.4 is 15.0 Å². The number of H-pyrrole nitrogens is 1. The summed E-state index contributed by atoms with van der Waals surface area (Å²) in [6, 6.07) is 12.2. The van der Waals surface area contributed by atoms with E-state index >= 15 is 4.39 Å². The molecule has 2 N–H and O–H groups in total. The molecule has 0 spiro atoms. The van der Waals surface area contributed by atoms with E-state index in [0.29, 0.717) is 5.69 Å². The Hall–Kier alpha value is -4.23. The number of aromatic nitrogens is 3. The minimum absolute atomic E-state index is 0.0253. The molecule has 0 aliphatic carbocycles. The summed E-state index contributed by atoms with van der Waals surface area (Å²) in [5.41, 5.74) is 2.42. The van der Waals surface area contributed by atoms with Gasteiger partial charge in [-0.2, -0.15) is 5.26 Å². The predicted octanol–water partition coefficient (Wildman–Crippen LogP) is 4.70. The van der Waals surface area contributed by atoms with Crippen LogP contribution in [0, 0.1) is 29.9 Å². The maximum atomic E-state index is 15.0. The first-order chi connectivity index (χ1) is 16.9. The average molecular weight is 476 g/mol. The molecule has 1 saturated heterocycles. The van der Waals surface area contributed by atoms with Gasteiger partial charge in [0.25, 0.3) is 0 Å². The number of benzene rings is 2. The van der Waals surface area contributed by atoms with Gasteiger partial charge in [0, 0.05) is 54.7 Å². The summed E-state index contributed by atoms with van der Waals surface area (Å²) in [6.45, 7) is 5.50. The van der Waals surface area contributed by atoms with E-state index in [1.807, 2.05) is 30.3 Å². The third kappa shape index (κ3) is 4.46. The van der Waals surface area contributed by atoms with Crippen LogP contribution in [-0.4, -0.2) is 53.1 Å². The molecule has 0 saturated carbocycles. The Morgan fingerprint density at radius 1 is 1.11 bits per heavy atom. The molecule has 1 aliphatic heterocycles. The zero-order valence-corrected chi connectivity index (χ0v) is 19.3. The zero-order valence-electron chi connectivity index (χ0n) is 19.3. The van der Waals surface area contributed by atoms with E-state index in [4.69, 9.17) is 4.74 Å². The van der Waals surface area contributed by atoms with Gasteiger partial charge in [-0.3, -0.25) is 0 Å². The fourth-order valence-corrected chi connectivity index (χ4v) is 4.14. The Morgan fingerprint density at radius 2 is 1.91 bits per heavy atom. The zero-order chi connectivity index (χ0) is 24.5. The maximum absolute atomic E-state index is 15.0. The number of anilines is 3. The molecule has 0 radical (unpaired) electrons. The standard InChI is InChI=1S/C25H23F2N7O/c1-15-10-18-22(27)21(12-20(26)23(18)31-15)35-25-19(13-28)24(29-14-30-25)32-16-4-3-5-17(11-16)34-8-6-33(2)7-9-34/h3-5,10-12,14,31H,6-9H2,1-2H3,(H,29,30,32). The second-order valence-corrected chi connectivity index (χ2v) is 8.49. The van der Waals surface area contributed by atoms with Crippen molar-refractivity contribution in [3.63, 3.8) is 0 Å². The molecule has 0 amide bonds. The summed E-state index contributed by atoms with van der Waals surface area (Å²) in [6.07, 6.45) is 1.20. The minimum atomic E-state index is -0.748. The van der Waals surface area contributed by atoms with Crippen LogP contribution >= 0.6 is 0 Å². The van der Waals surface area contributed by atoms with E-state index in [0.717, 1.165) is 43.6 Å². The number of aromatic amines is 1. The molecule has 5 rings (SSSR count). The number of halogens is 2. The van der Waals surface area contributed by atoms with E-state index in [-0.39, 0.29) is 33.9 Å². The van der Waals surface area contributed by atoms with Gasteiger partial charge in [-0.05, 0) is 38.2 Å². The number of ether oxygens (including phenoxy) is 1. The normalized spacial score (nSPS) is 14.2. The fourth-order valence-electron chi connectivity index (χ4n) is 4.14. The molecule has 1 aliphatic rings. The van der Waals surface area contributed by atoms with Crippen LogP contribution in [0.25, 0.3) is 10.9 Å². The highest BCUT2D eigenvalue weighted by Gasteiger charge is 2.20. The number of nitriles is 1. The van der Waals surface area contributed by atoms with Crippen LogP contribution in [-0.2, 0) is 0 Å². The Bertz CT molecular complexity index is 1440. The van der Waals surface area contributed by atoms with Gasteiger partial charge in [0.1, 0.15) is 12.4 Å². The Labute approximate surface area is 200 Å². The van der Waals surface area contributed by atoms with Gasteiger partial charge in [-0.25, -0.2) is 18.7 Å². The van der Waals surface area contributed by atoms with Crippen molar-refractivity contribution in [3.05, 3.63) is 65.6 Å². The second-order valence-electron chi connectivity index (χ2n) is 8.49. The molecule has 178 valence electrons. The summed E-state index contributed by atoms with van der Waals surface area (Å²) >= 11 is 0. The average Bonchev–Trinajstić information content (AvgIpc) is 3.26. The fraction of sp³-hybridized carbons (Fsp3) is 0.240. The highest BCUT2D eigenvalue weighted by molar-refractivity contribution is 5.83. The van der Waals surface area contributed by atoms with Crippen molar-refractivity contribution in [2.75, 3.05) is 43.4 Å². The van der Waals surface area contributed by atoms with Crippen LogP contribution in [0.3, 0.4) is 0 Å². The number of nitrogens with one attached hydrogen (secondary N) is 2. The molecule has 2 aromatic carbocycles. The number of hydrogen-bond donors (Lipinski definition) is 2. The van der Waals surface area contributed by atoms with Crippen molar-refractivity contribution in [2.24, 2.45) is 0 Å². The molecular weight excluding hydrogens is 452 g/mol. The summed E-state index contributed by atoms with van der Waals surface area (Å²) in [7, 11) is 2.10. The topological polar surface area (TPSA) is 93.1 Å². The molecule has 10 heteroatoms. The molecule has 0 bridgehead atoms. The molecule has 8 nitrogen and oxygen atoms in total. The highest BCUT2D eigenvalue weighted by atomic mass is 19.1. The summed E-state index contributed by atoms with van der Waals surface area (Å²) in [5, 5.41) is 13.0. The molecule has 2 aromatic heterocycles. The number of hydrogen-bond acceptors (Lipinski definition) is 7. The number of nitrogens with zero attached hydrogens (tertiary/aromatic N) is 5. The lowest BCUT2D eigenvalue weighted by molar-refractivity contribution is 0.313. The van der Waals surface area contributed by atoms with E-state index < -0.39 is 11.6 Å². The van der Waals surface area contributed by atoms with Crippen LogP contribution in [0.4, 0.5) is 26.0 Å². The number of aryl methyl sites for hydroxylation is 1. The van der Waals surface area contributed by atoms with Gasteiger partial charge >= 0.3 is 0 Å². The molecule has 0 unspecified atom stereocenters. The third-order valence-electron chi connectivity index (χ3n) is 6.01. The van der Waals surface area contributed by atoms with E-state index in [2.05, 4.69) is 37.1 Å². The first-order valence-corrected chi connectivity index (χ1v) is 11.1. The van der Waals surface area contributed by atoms with Crippen molar-refractivity contribution in [1.82, 2.24) is 19.9 Å². The predicted molar refractivity (Wildman–Crippen MR) is 129 cm³/mol. The number of piperazine rings is 1. The van der Waals surface area contributed by atoms with Crippen molar-refractivity contribution in [1.29, 1.82) is 5.26 Å². The molecule has 35 heavy (non-hydrogen) atoms. The van der Waals surface area contributed by atoms with Crippen LogP contribution in [0.2, 0.25) is 0 Å². The van der Waals surface area contributed by atoms with Gasteiger partial charge in [0.15, 0.2) is 28.8 Å². The van der Waals surface area contributed by atoms with Crippen LogP contribution in [0.1, 0.15) is 11.3 Å².